The smallest absolute Gasteiger partial charge is 0.222 e. The van der Waals surface area contributed by atoms with Crippen molar-refractivity contribution in [2.45, 2.75) is 18.9 Å². The molecule has 3 nitrogen and oxygen atoms in total. The van der Waals surface area contributed by atoms with Crippen molar-refractivity contribution in [1.29, 1.82) is 0 Å². The van der Waals surface area contributed by atoms with Gasteiger partial charge in [-0.15, -0.1) is 0 Å². The lowest BCUT2D eigenvalue weighted by Crippen LogP contribution is -2.33. The van der Waals surface area contributed by atoms with Crippen LogP contribution in [0.25, 0.3) is 0 Å². The van der Waals surface area contributed by atoms with E-state index in [0.29, 0.717) is 30.7 Å². The van der Waals surface area contributed by atoms with Gasteiger partial charge in [0, 0.05) is 38.0 Å². The van der Waals surface area contributed by atoms with Gasteiger partial charge < -0.3 is 4.90 Å². The topological polar surface area (TPSA) is 23.6 Å². The zero-order valence-corrected chi connectivity index (χ0v) is 15.1. The minimum absolute atomic E-state index is 0.193. The van der Waals surface area contributed by atoms with Gasteiger partial charge in [-0.1, -0.05) is 42.5 Å². The molecule has 4 heteroatoms. The largest absolute Gasteiger partial charge is 0.342 e. The lowest BCUT2D eigenvalue weighted by atomic mass is 9.90. The summed E-state index contributed by atoms with van der Waals surface area (Å²) >= 11 is 0. The van der Waals surface area contributed by atoms with Gasteiger partial charge in [-0.2, -0.15) is 0 Å². The molecule has 3 atom stereocenters. The molecule has 0 spiro atoms. The van der Waals surface area contributed by atoms with Crippen LogP contribution in [0.1, 0.15) is 23.6 Å². The number of likely N-dealkylation sites (tertiary alicyclic amines) is 2. The van der Waals surface area contributed by atoms with E-state index in [4.69, 9.17) is 0 Å². The van der Waals surface area contributed by atoms with Crippen LogP contribution in [-0.2, 0) is 11.2 Å². The number of halogens is 1. The first-order chi connectivity index (χ1) is 12.6. The first-order valence-corrected chi connectivity index (χ1v) is 9.39. The first-order valence-electron chi connectivity index (χ1n) is 9.39. The van der Waals surface area contributed by atoms with Gasteiger partial charge in [0.25, 0.3) is 0 Å². The van der Waals surface area contributed by atoms with Crippen molar-refractivity contribution < 1.29 is 9.18 Å². The molecular formula is C22H25FN2O. The average Bonchev–Trinajstić information content (AvgIpc) is 3.17. The highest BCUT2D eigenvalue weighted by atomic mass is 19.1. The monoisotopic (exact) mass is 352 g/mol. The van der Waals surface area contributed by atoms with Gasteiger partial charge in [0.1, 0.15) is 5.82 Å². The third kappa shape index (κ3) is 3.38. The Morgan fingerprint density at radius 1 is 1.08 bits per heavy atom. The average molecular weight is 352 g/mol. The van der Waals surface area contributed by atoms with E-state index in [-0.39, 0.29) is 11.7 Å². The van der Waals surface area contributed by atoms with E-state index in [9.17, 15) is 9.18 Å². The third-order valence-electron chi connectivity index (χ3n) is 5.90. The highest BCUT2D eigenvalue weighted by Gasteiger charge is 2.46. The number of carbonyl (C=O) groups excluding carboxylic acids is 1. The normalized spacial score (nSPS) is 25.5. The lowest BCUT2D eigenvalue weighted by molar-refractivity contribution is -0.130. The molecule has 0 N–H and O–H groups in total. The van der Waals surface area contributed by atoms with Crippen molar-refractivity contribution in [1.82, 2.24) is 9.80 Å². The van der Waals surface area contributed by atoms with E-state index in [1.807, 2.05) is 17.0 Å². The van der Waals surface area contributed by atoms with Crippen molar-refractivity contribution in [3.63, 3.8) is 0 Å². The molecule has 0 aliphatic carbocycles. The van der Waals surface area contributed by atoms with Crippen LogP contribution in [0.2, 0.25) is 0 Å². The Bertz CT molecular complexity index is 779. The molecule has 2 aromatic carbocycles. The van der Waals surface area contributed by atoms with Crippen LogP contribution < -0.4 is 0 Å². The number of carbonyl (C=O) groups is 1. The fourth-order valence-corrected chi connectivity index (χ4v) is 4.72. The Kier molecular flexibility index (Phi) is 4.77. The molecule has 2 aliphatic heterocycles. The first kappa shape index (κ1) is 17.2. The number of nitrogens with zero attached hydrogens (tertiary/aromatic N) is 2. The van der Waals surface area contributed by atoms with Gasteiger partial charge in [0.15, 0.2) is 0 Å². The minimum atomic E-state index is -0.237. The summed E-state index contributed by atoms with van der Waals surface area (Å²) in [6.45, 7) is 2.72. The molecule has 26 heavy (non-hydrogen) atoms. The Hall–Kier alpha value is -2.20. The molecule has 136 valence electrons. The number of hydrogen-bond donors (Lipinski definition) is 0. The summed E-state index contributed by atoms with van der Waals surface area (Å²) < 4.78 is 13.3. The van der Waals surface area contributed by atoms with E-state index in [1.165, 1.54) is 17.7 Å². The molecule has 0 aromatic heterocycles. The maximum absolute atomic E-state index is 13.3. The Labute approximate surface area is 154 Å². The predicted molar refractivity (Wildman–Crippen MR) is 100 cm³/mol. The second-order valence-corrected chi connectivity index (χ2v) is 7.65. The SMILES string of the molecule is CN1C[C@H]2CN(C(=O)CCc3cccc(F)c3)C[C@H]2[C@@H]1c1ccccc1. The molecule has 2 aliphatic rings. The molecule has 4 rings (SSSR count). The number of amides is 1. The Morgan fingerprint density at radius 3 is 2.65 bits per heavy atom. The standard InChI is InChI=1S/C22H25FN2O/c1-24-13-18-14-25(15-20(18)22(24)17-7-3-2-4-8-17)21(26)11-10-16-6-5-9-19(23)12-16/h2-9,12,18,20,22H,10-11,13-15H2,1H3/t18-,20+,22-/m0/s1. The van der Waals surface area contributed by atoms with Crippen LogP contribution >= 0.6 is 0 Å². The maximum atomic E-state index is 13.3. The highest BCUT2D eigenvalue weighted by Crippen LogP contribution is 2.44. The number of fused-ring (bicyclic) bond motifs is 1. The van der Waals surface area contributed by atoms with Crippen molar-refractivity contribution in [2.24, 2.45) is 11.8 Å². The molecule has 1 amide bonds. The van der Waals surface area contributed by atoms with Gasteiger partial charge in [-0.25, -0.2) is 4.39 Å². The fraction of sp³-hybridized carbons (Fsp3) is 0.409. The van der Waals surface area contributed by atoms with Gasteiger partial charge in [-0.05, 0) is 42.6 Å². The number of hydrogen-bond acceptors (Lipinski definition) is 2. The van der Waals surface area contributed by atoms with Crippen molar-refractivity contribution in [3.05, 3.63) is 71.5 Å². The molecule has 2 fully saturated rings. The summed E-state index contributed by atoms with van der Waals surface area (Å²) in [5.41, 5.74) is 2.23. The molecule has 0 saturated carbocycles. The Morgan fingerprint density at radius 2 is 1.88 bits per heavy atom. The van der Waals surface area contributed by atoms with Crippen LogP contribution in [0, 0.1) is 17.7 Å². The molecule has 2 heterocycles. The number of aryl methyl sites for hydroxylation is 1. The van der Waals surface area contributed by atoms with Crippen LogP contribution in [0.5, 0.6) is 0 Å². The van der Waals surface area contributed by atoms with Crippen molar-refractivity contribution in [3.8, 4) is 0 Å². The Balaban J connectivity index is 1.39. The van der Waals surface area contributed by atoms with E-state index in [0.717, 1.165) is 25.2 Å². The summed E-state index contributed by atoms with van der Waals surface area (Å²) in [6.07, 6.45) is 1.05. The van der Waals surface area contributed by atoms with Crippen molar-refractivity contribution >= 4 is 5.91 Å². The second-order valence-electron chi connectivity index (χ2n) is 7.65. The van der Waals surface area contributed by atoms with Crippen LogP contribution in [0.3, 0.4) is 0 Å². The second kappa shape index (κ2) is 7.20. The van der Waals surface area contributed by atoms with Crippen LogP contribution in [0.15, 0.2) is 54.6 Å². The molecule has 2 saturated heterocycles. The van der Waals surface area contributed by atoms with E-state index < -0.39 is 0 Å². The zero-order chi connectivity index (χ0) is 18.1. The molecule has 0 bridgehead atoms. The number of rotatable bonds is 4. The fourth-order valence-electron chi connectivity index (χ4n) is 4.72. The van der Waals surface area contributed by atoms with Crippen LogP contribution in [0.4, 0.5) is 4.39 Å². The molecular weight excluding hydrogens is 327 g/mol. The number of benzene rings is 2. The zero-order valence-electron chi connectivity index (χ0n) is 15.1. The summed E-state index contributed by atoms with van der Waals surface area (Å²) in [5.74, 6) is 1.00. The van der Waals surface area contributed by atoms with Gasteiger partial charge in [-0.3, -0.25) is 9.69 Å². The van der Waals surface area contributed by atoms with Gasteiger partial charge >= 0.3 is 0 Å². The summed E-state index contributed by atoms with van der Waals surface area (Å²) in [4.78, 5) is 17.1. The van der Waals surface area contributed by atoms with E-state index in [1.54, 1.807) is 6.07 Å². The highest BCUT2D eigenvalue weighted by molar-refractivity contribution is 5.76. The van der Waals surface area contributed by atoms with Gasteiger partial charge in [0.2, 0.25) is 5.91 Å². The predicted octanol–water partition coefficient (Wildman–Crippen LogP) is 3.52. The molecule has 0 radical (unpaired) electrons. The van der Waals surface area contributed by atoms with E-state index >= 15 is 0 Å². The minimum Gasteiger partial charge on any atom is -0.342 e. The molecule has 0 unspecified atom stereocenters. The summed E-state index contributed by atoms with van der Waals surface area (Å²) in [5, 5.41) is 0. The van der Waals surface area contributed by atoms with E-state index in [2.05, 4.69) is 36.2 Å². The quantitative estimate of drug-likeness (QED) is 0.841. The summed E-state index contributed by atoms with van der Waals surface area (Å²) in [6, 6.07) is 17.6. The van der Waals surface area contributed by atoms with Crippen LogP contribution in [-0.4, -0.2) is 42.4 Å². The van der Waals surface area contributed by atoms with Crippen molar-refractivity contribution in [2.75, 3.05) is 26.7 Å². The van der Waals surface area contributed by atoms with Gasteiger partial charge in [0.05, 0.1) is 0 Å². The lowest BCUT2D eigenvalue weighted by Gasteiger charge is -2.27. The maximum Gasteiger partial charge on any atom is 0.222 e. The third-order valence-corrected chi connectivity index (χ3v) is 5.90. The molecule has 2 aromatic rings. The summed E-state index contributed by atoms with van der Waals surface area (Å²) in [7, 11) is 2.19.